The van der Waals surface area contributed by atoms with E-state index in [1.807, 2.05) is 12.3 Å². The lowest BCUT2D eigenvalue weighted by Crippen LogP contribution is -2.30. The van der Waals surface area contributed by atoms with E-state index in [4.69, 9.17) is 5.73 Å². The minimum Gasteiger partial charge on any atom is -0.344 e. The molecule has 0 radical (unpaired) electrons. The van der Waals surface area contributed by atoms with Gasteiger partial charge in [-0.05, 0) is 18.1 Å². The molecule has 17 heavy (non-hydrogen) atoms. The van der Waals surface area contributed by atoms with Crippen LogP contribution in [0.2, 0.25) is 0 Å². The Morgan fingerprint density at radius 2 is 2.29 bits per heavy atom. The molecule has 0 bridgehead atoms. The molecule has 0 saturated carbocycles. The van der Waals surface area contributed by atoms with Crippen molar-refractivity contribution in [3.63, 3.8) is 0 Å². The van der Waals surface area contributed by atoms with Crippen LogP contribution >= 0.6 is 0 Å². The summed E-state index contributed by atoms with van der Waals surface area (Å²) < 4.78 is 0. The predicted molar refractivity (Wildman–Crippen MR) is 67.2 cm³/mol. The quantitative estimate of drug-likeness (QED) is 0.731. The molecule has 1 aromatic heterocycles. The van der Waals surface area contributed by atoms with Crippen LogP contribution in [0.5, 0.6) is 0 Å². The number of rotatable bonds is 4. The Bertz CT molecular complexity index is 415. The van der Waals surface area contributed by atoms with Gasteiger partial charge in [0.15, 0.2) is 0 Å². The summed E-state index contributed by atoms with van der Waals surface area (Å²) >= 11 is 0. The Balaban J connectivity index is 2.34. The van der Waals surface area contributed by atoms with Gasteiger partial charge in [-0.1, -0.05) is 24.8 Å². The summed E-state index contributed by atoms with van der Waals surface area (Å²) in [6.07, 6.45) is 3.46. The second-order valence-corrected chi connectivity index (χ2v) is 3.52. The second kappa shape index (κ2) is 7.42. The number of amides is 1. The van der Waals surface area contributed by atoms with Crippen molar-refractivity contribution in [2.75, 3.05) is 13.1 Å². The highest BCUT2D eigenvalue weighted by Gasteiger charge is 1.93. The molecule has 4 nitrogen and oxygen atoms in total. The molecule has 0 aliphatic carbocycles. The number of nitrogens with one attached hydrogen (secondary N) is 1. The van der Waals surface area contributed by atoms with Gasteiger partial charge in [0.1, 0.15) is 0 Å². The molecule has 1 rings (SSSR count). The van der Waals surface area contributed by atoms with Gasteiger partial charge in [-0.25, -0.2) is 0 Å². The standard InChI is InChI=1S/C13H17N3O/c1-2-11-6-7-12(16-10-11)5-3-4-8-15-13(17)9-14/h6-7,10H,2,5,8-9,14H2,1H3,(H,15,17). The Hall–Kier alpha value is -1.86. The van der Waals surface area contributed by atoms with Crippen LogP contribution in [0.4, 0.5) is 0 Å². The van der Waals surface area contributed by atoms with E-state index >= 15 is 0 Å². The molecule has 4 heteroatoms. The molecule has 0 aliphatic heterocycles. The van der Waals surface area contributed by atoms with Crippen molar-refractivity contribution in [1.29, 1.82) is 0 Å². The fourth-order valence-electron chi connectivity index (χ4n) is 1.20. The van der Waals surface area contributed by atoms with Gasteiger partial charge >= 0.3 is 0 Å². The van der Waals surface area contributed by atoms with E-state index in [0.717, 1.165) is 12.1 Å². The summed E-state index contributed by atoms with van der Waals surface area (Å²) in [4.78, 5) is 15.1. The van der Waals surface area contributed by atoms with E-state index in [-0.39, 0.29) is 12.5 Å². The van der Waals surface area contributed by atoms with Gasteiger partial charge < -0.3 is 11.1 Å². The minimum atomic E-state index is -0.190. The van der Waals surface area contributed by atoms with Gasteiger partial charge in [-0.2, -0.15) is 0 Å². The van der Waals surface area contributed by atoms with Crippen molar-refractivity contribution in [2.45, 2.75) is 19.8 Å². The largest absolute Gasteiger partial charge is 0.344 e. The maximum absolute atomic E-state index is 10.8. The summed E-state index contributed by atoms with van der Waals surface area (Å²) in [7, 11) is 0. The Kier molecular flexibility index (Phi) is 5.76. The van der Waals surface area contributed by atoms with Crippen LogP contribution in [0.25, 0.3) is 0 Å². The monoisotopic (exact) mass is 231 g/mol. The number of aryl methyl sites for hydroxylation is 1. The van der Waals surface area contributed by atoms with Crippen molar-refractivity contribution >= 4 is 5.91 Å². The molecule has 90 valence electrons. The first-order valence-electron chi connectivity index (χ1n) is 5.62. The third-order valence-corrected chi connectivity index (χ3v) is 2.25. The van der Waals surface area contributed by atoms with Gasteiger partial charge in [0.05, 0.1) is 25.2 Å². The normalized spacial score (nSPS) is 9.29. The Labute approximate surface area is 102 Å². The van der Waals surface area contributed by atoms with E-state index in [0.29, 0.717) is 13.0 Å². The van der Waals surface area contributed by atoms with Gasteiger partial charge in [0, 0.05) is 6.20 Å². The van der Waals surface area contributed by atoms with E-state index < -0.39 is 0 Å². The second-order valence-electron chi connectivity index (χ2n) is 3.52. The van der Waals surface area contributed by atoms with Gasteiger partial charge in [0.25, 0.3) is 0 Å². The van der Waals surface area contributed by atoms with Crippen LogP contribution in [-0.2, 0) is 17.6 Å². The third kappa shape index (κ3) is 5.14. The van der Waals surface area contributed by atoms with Crippen molar-refractivity contribution in [3.05, 3.63) is 29.6 Å². The number of hydrogen-bond acceptors (Lipinski definition) is 3. The maximum Gasteiger partial charge on any atom is 0.234 e. The zero-order chi connectivity index (χ0) is 12.5. The molecule has 1 amide bonds. The van der Waals surface area contributed by atoms with Crippen molar-refractivity contribution in [2.24, 2.45) is 5.73 Å². The Morgan fingerprint density at radius 3 is 2.88 bits per heavy atom. The number of nitrogens with zero attached hydrogens (tertiary/aromatic N) is 1. The van der Waals surface area contributed by atoms with Gasteiger partial charge in [-0.15, -0.1) is 0 Å². The van der Waals surface area contributed by atoms with Crippen LogP contribution < -0.4 is 11.1 Å². The van der Waals surface area contributed by atoms with E-state index in [1.54, 1.807) is 0 Å². The number of carbonyl (C=O) groups excluding carboxylic acids is 1. The first kappa shape index (κ1) is 13.2. The fraction of sp³-hybridized carbons (Fsp3) is 0.385. The maximum atomic E-state index is 10.8. The molecule has 0 atom stereocenters. The number of nitrogens with two attached hydrogens (primary N) is 1. The zero-order valence-electron chi connectivity index (χ0n) is 9.99. The average Bonchev–Trinajstić information content (AvgIpc) is 2.38. The van der Waals surface area contributed by atoms with E-state index in [2.05, 4.69) is 35.1 Å². The lowest BCUT2D eigenvalue weighted by Gasteiger charge is -1.97. The van der Waals surface area contributed by atoms with Gasteiger partial charge in [0.2, 0.25) is 5.91 Å². The number of pyridine rings is 1. The number of hydrogen-bond donors (Lipinski definition) is 2. The molecule has 0 fully saturated rings. The molecule has 1 heterocycles. The van der Waals surface area contributed by atoms with E-state index in [9.17, 15) is 4.79 Å². The summed E-state index contributed by atoms with van der Waals surface area (Å²) in [6, 6.07) is 4.03. The number of carbonyl (C=O) groups is 1. The predicted octanol–water partition coefficient (Wildman–Crippen LogP) is 0.265. The molecular weight excluding hydrogens is 214 g/mol. The summed E-state index contributed by atoms with van der Waals surface area (Å²) in [5, 5.41) is 2.58. The molecule has 0 aliphatic rings. The van der Waals surface area contributed by atoms with Crippen LogP contribution in [0.15, 0.2) is 18.3 Å². The summed E-state index contributed by atoms with van der Waals surface area (Å²) in [5.74, 6) is 5.61. The molecule has 0 aromatic carbocycles. The van der Waals surface area contributed by atoms with Crippen molar-refractivity contribution in [1.82, 2.24) is 10.3 Å². The van der Waals surface area contributed by atoms with Crippen LogP contribution in [0.3, 0.4) is 0 Å². The zero-order valence-corrected chi connectivity index (χ0v) is 9.99. The van der Waals surface area contributed by atoms with Crippen molar-refractivity contribution < 1.29 is 4.79 Å². The Morgan fingerprint density at radius 1 is 1.47 bits per heavy atom. The SMILES string of the molecule is CCc1ccc(CC#CCNC(=O)CN)nc1. The lowest BCUT2D eigenvalue weighted by molar-refractivity contribution is -0.119. The van der Waals surface area contributed by atoms with E-state index in [1.165, 1.54) is 5.56 Å². The highest BCUT2D eigenvalue weighted by atomic mass is 16.1. The smallest absolute Gasteiger partial charge is 0.234 e. The summed E-state index contributed by atoms with van der Waals surface area (Å²) in [5.41, 5.74) is 7.30. The van der Waals surface area contributed by atoms with Crippen LogP contribution in [0.1, 0.15) is 18.2 Å². The summed E-state index contributed by atoms with van der Waals surface area (Å²) in [6.45, 7) is 2.43. The fourth-order valence-corrected chi connectivity index (χ4v) is 1.20. The lowest BCUT2D eigenvalue weighted by atomic mass is 10.2. The van der Waals surface area contributed by atoms with Crippen LogP contribution in [-0.4, -0.2) is 24.0 Å². The highest BCUT2D eigenvalue weighted by molar-refractivity contribution is 5.77. The average molecular weight is 231 g/mol. The molecule has 0 unspecified atom stereocenters. The molecule has 1 aromatic rings. The van der Waals surface area contributed by atoms with Crippen LogP contribution in [0, 0.1) is 11.8 Å². The topological polar surface area (TPSA) is 68.0 Å². The number of aromatic nitrogens is 1. The molecular formula is C13H17N3O. The molecule has 3 N–H and O–H groups in total. The highest BCUT2D eigenvalue weighted by Crippen LogP contribution is 2.00. The molecule has 0 saturated heterocycles. The third-order valence-electron chi connectivity index (χ3n) is 2.25. The van der Waals surface area contributed by atoms with Gasteiger partial charge in [-0.3, -0.25) is 9.78 Å². The van der Waals surface area contributed by atoms with Crippen molar-refractivity contribution in [3.8, 4) is 11.8 Å². The first-order valence-corrected chi connectivity index (χ1v) is 5.62. The first-order chi connectivity index (χ1) is 8.26. The minimum absolute atomic E-state index is 0.00170. The molecule has 0 spiro atoms.